The smallest absolute Gasteiger partial charge is 0.339 e. The lowest BCUT2D eigenvalue weighted by molar-refractivity contribution is 0.486. The van der Waals surface area contributed by atoms with Crippen molar-refractivity contribution in [3.63, 3.8) is 0 Å². The molecule has 0 radical (unpaired) electrons. The van der Waals surface area contributed by atoms with Crippen LogP contribution in [0.1, 0.15) is 36.8 Å². The number of H-pyrrole nitrogens is 1. The molecule has 0 unspecified atom stereocenters. The first-order valence-corrected chi connectivity index (χ1v) is 12.9. The maximum Gasteiger partial charge on any atom is 0.339 e. The summed E-state index contributed by atoms with van der Waals surface area (Å²) in [6.45, 7) is 4.08. The number of aromatic nitrogens is 2. The Kier molecular flexibility index (Phi) is 5.91. The van der Waals surface area contributed by atoms with Crippen LogP contribution in [0.15, 0.2) is 65.6 Å². The number of anilines is 3. The molecular formula is C26H28N4O3S. The van der Waals surface area contributed by atoms with Crippen molar-refractivity contribution in [3.8, 4) is 5.75 Å². The normalized spacial score (nSPS) is 14.4. The number of imidazole rings is 1. The van der Waals surface area contributed by atoms with E-state index in [-0.39, 0.29) is 10.6 Å². The quantitative estimate of drug-likeness (QED) is 0.281. The van der Waals surface area contributed by atoms with E-state index >= 15 is 0 Å². The first-order chi connectivity index (χ1) is 16.3. The molecule has 8 heteroatoms. The molecular weight excluding hydrogens is 448 g/mol. The standard InChI is InChI=1S/C26H28N4O3S/c1-17-13-18(2)15-21(14-17)28-26-29-24-12-9-22(16-25(24)30-26)33-34(31,32)23-10-7-20(8-11-23)27-19-5-3-4-6-19/h7-16,19,27H,3-6H2,1-2H3,(H2,28,29,30). The van der Waals surface area contributed by atoms with Crippen molar-refractivity contribution in [1.29, 1.82) is 0 Å². The predicted octanol–water partition coefficient (Wildman–Crippen LogP) is 6.05. The molecule has 1 aliphatic rings. The van der Waals surface area contributed by atoms with Gasteiger partial charge in [-0.15, -0.1) is 0 Å². The van der Waals surface area contributed by atoms with Crippen LogP contribution in [0, 0.1) is 13.8 Å². The molecule has 3 N–H and O–H groups in total. The molecule has 1 heterocycles. The molecule has 0 atom stereocenters. The van der Waals surface area contributed by atoms with Gasteiger partial charge < -0.3 is 19.8 Å². The number of fused-ring (bicyclic) bond motifs is 1. The molecule has 0 aliphatic heterocycles. The van der Waals surface area contributed by atoms with E-state index in [1.165, 1.54) is 12.8 Å². The number of nitrogens with zero attached hydrogens (tertiary/aromatic N) is 1. The molecule has 4 aromatic rings. The van der Waals surface area contributed by atoms with Gasteiger partial charge in [0.25, 0.3) is 0 Å². The third-order valence-electron chi connectivity index (χ3n) is 6.01. The molecule has 7 nitrogen and oxygen atoms in total. The van der Waals surface area contributed by atoms with Crippen LogP contribution in [-0.2, 0) is 10.1 Å². The first kappa shape index (κ1) is 22.3. The fourth-order valence-electron chi connectivity index (χ4n) is 4.48. The summed E-state index contributed by atoms with van der Waals surface area (Å²) < 4.78 is 31.1. The Labute approximate surface area is 199 Å². The summed E-state index contributed by atoms with van der Waals surface area (Å²) in [5.41, 5.74) is 5.55. The van der Waals surface area contributed by atoms with Crippen molar-refractivity contribution >= 4 is 38.5 Å². The summed E-state index contributed by atoms with van der Waals surface area (Å²) in [4.78, 5) is 7.84. The highest BCUT2D eigenvalue weighted by molar-refractivity contribution is 7.87. The Morgan fingerprint density at radius 2 is 1.62 bits per heavy atom. The van der Waals surface area contributed by atoms with E-state index in [1.54, 1.807) is 42.5 Å². The van der Waals surface area contributed by atoms with Crippen LogP contribution in [0.4, 0.5) is 17.3 Å². The fourth-order valence-corrected chi connectivity index (χ4v) is 5.40. The third-order valence-corrected chi connectivity index (χ3v) is 7.27. The molecule has 0 amide bonds. The van der Waals surface area contributed by atoms with Crippen molar-refractivity contribution in [3.05, 3.63) is 71.8 Å². The van der Waals surface area contributed by atoms with Gasteiger partial charge in [0.2, 0.25) is 5.95 Å². The average molecular weight is 477 g/mol. The zero-order valence-corrected chi connectivity index (χ0v) is 20.1. The van der Waals surface area contributed by atoms with Gasteiger partial charge in [0.15, 0.2) is 0 Å². The summed E-state index contributed by atoms with van der Waals surface area (Å²) in [6.07, 6.45) is 4.78. The van der Waals surface area contributed by atoms with Crippen LogP contribution in [0.3, 0.4) is 0 Å². The Morgan fingerprint density at radius 1 is 0.912 bits per heavy atom. The minimum absolute atomic E-state index is 0.117. The molecule has 1 saturated carbocycles. The SMILES string of the molecule is Cc1cc(C)cc(Nc2nc3ccc(OS(=O)(=O)c4ccc(NC5CCCC5)cc4)cc3[nH]2)c1. The molecule has 5 rings (SSSR count). The van der Waals surface area contributed by atoms with E-state index in [9.17, 15) is 8.42 Å². The lowest BCUT2D eigenvalue weighted by atomic mass is 10.1. The van der Waals surface area contributed by atoms with Gasteiger partial charge in [-0.3, -0.25) is 0 Å². The maximum absolute atomic E-state index is 12.8. The summed E-state index contributed by atoms with van der Waals surface area (Å²) in [5, 5.41) is 6.73. The molecule has 176 valence electrons. The highest BCUT2D eigenvalue weighted by Crippen LogP contribution is 2.27. The van der Waals surface area contributed by atoms with Crippen LogP contribution in [0.5, 0.6) is 5.75 Å². The Bertz CT molecular complexity index is 1400. The molecule has 1 aromatic heterocycles. The van der Waals surface area contributed by atoms with Crippen LogP contribution in [-0.4, -0.2) is 24.4 Å². The summed E-state index contributed by atoms with van der Waals surface area (Å²) in [7, 11) is -3.95. The molecule has 3 aromatic carbocycles. The van der Waals surface area contributed by atoms with Gasteiger partial charge in [0.1, 0.15) is 10.6 Å². The number of rotatable bonds is 7. The van der Waals surface area contributed by atoms with Gasteiger partial charge in [-0.2, -0.15) is 8.42 Å². The number of benzene rings is 3. The van der Waals surface area contributed by atoms with Gasteiger partial charge in [-0.25, -0.2) is 4.98 Å². The summed E-state index contributed by atoms with van der Waals surface area (Å²) in [5.74, 6) is 0.799. The predicted molar refractivity (Wildman–Crippen MR) is 135 cm³/mol. The topological polar surface area (TPSA) is 96.1 Å². The lowest BCUT2D eigenvalue weighted by Gasteiger charge is -2.14. The van der Waals surface area contributed by atoms with Crippen LogP contribution in [0.25, 0.3) is 11.0 Å². The number of aromatic amines is 1. The van der Waals surface area contributed by atoms with Crippen LogP contribution < -0.4 is 14.8 Å². The van der Waals surface area contributed by atoms with E-state index < -0.39 is 10.1 Å². The van der Waals surface area contributed by atoms with Gasteiger partial charge in [0.05, 0.1) is 11.0 Å². The fraction of sp³-hybridized carbons (Fsp3) is 0.269. The molecule has 0 bridgehead atoms. The van der Waals surface area contributed by atoms with Gasteiger partial charge in [0, 0.05) is 23.5 Å². The molecule has 0 spiro atoms. The second kappa shape index (κ2) is 9.02. The van der Waals surface area contributed by atoms with Crippen molar-refractivity contribution in [2.24, 2.45) is 0 Å². The van der Waals surface area contributed by atoms with E-state index in [1.807, 2.05) is 26.0 Å². The van der Waals surface area contributed by atoms with Crippen molar-refractivity contribution in [1.82, 2.24) is 9.97 Å². The Morgan fingerprint density at radius 3 is 2.32 bits per heavy atom. The van der Waals surface area contributed by atoms with Crippen molar-refractivity contribution < 1.29 is 12.6 Å². The highest BCUT2D eigenvalue weighted by atomic mass is 32.2. The second-order valence-electron chi connectivity index (χ2n) is 8.95. The summed E-state index contributed by atoms with van der Waals surface area (Å²) >= 11 is 0. The van der Waals surface area contributed by atoms with Gasteiger partial charge in [-0.05, 0) is 86.3 Å². The second-order valence-corrected chi connectivity index (χ2v) is 10.5. The van der Waals surface area contributed by atoms with Gasteiger partial charge in [-0.1, -0.05) is 18.9 Å². The Balaban J connectivity index is 1.30. The minimum Gasteiger partial charge on any atom is -0.382 e. The van der Waals surface area contributed by atoms with Crippen LogP contribution >= 0.6 is 0 Å². The highest BCUT2D eigenvalue weighted by Gasteiger charge is 2.19. The molecule has 0 saturated heterocycles. The van der Waals surface area contributed by atoms with Crippen LogP contribution in [0.2, 0.25) is 0 Å². The zero-order chi connectivity index (χ0) is 23.7. The monoisotopic (exact) mass is 476 g/mol. The summed E-state index contributed by atoms with van der Waals surface area (Å²) in [6, 6.07) is 18.4. The Hall–Kier alpha value is -3.52. The van der Waals surface area contributed by atoms with Crippen molar-refractivity contribution in [2.75, 3.05) is 10.6 Å². The number of aryl methyl sites for hydroxylation is 2. The van der Waals surface area contributed by atoms with E-state index in [2.05, 4.69) is 26.7 Å². The van der Waals surface area contributed by atoms with E-state index in [0.29, 0.717) is 23.0 Å². The third kappa shape index (κ3) is 5.02. The zero-order valence-electron chi connectivity index (χ0n) is 19.3. The number of hydrogen-bond acceptors (Lipinski definition) is 6. The molecule has 1 aliphatic carbocycles. The largest absolute Gasteiger partial charge is 0.382 e. The molecule has 1 fully saturated rings. The minimum atomic E-state index is -3.95. The van der Waals surface area contributed by atoms with Crippen molar-refractivity contribution in [2.45, 2.75) is 50.5 Å². The lowest BCUT2D eigenvalue weighted by Crippen LogP contribution is -2.14. The number of nitrogens with one attached hydrogen (secondary N) is 3. The maximum atomic E-state index is 12.8. The van der Waals surface area contributed by atoms with Gasteiger partial charge >= 0.3 is 10.1 Å². The first-order valence-electron chi connectivity index (χ1n) is 11.5. The molecule has 34 heavy (non-hydrogen) atoms. The average Bonchev–Trinajstić information content (AvgIpc) is 3.42. The van der Waals surface area contributed by atoms with E-state index in [0.717, 1.165) is 35.3 Å². The van der Waals surface area contributed by atoms with E-state index in [4.69, 9.17) is 4.18 Å². The number of hydrogen-bond donors (Lipinski definition) is 3.